The van der Waals surface area contributed by atoms with Crippen molar-refractivity contribution >= 4 is 39.7 Å². The first kappa shape index (κ1) is 15.2. The summed E-state index contributed by atoms with van der Waals surface area (Å²) in [5.74, 6) is 6.43. The van der Waals surface area contributed by atoms with Crippen LogP contribution in [-0.2, 0) is 0 Å². The molecule has 0 saturated heterocycles. The van der Waals surface area contributed by atoms with E-state index in [1.165, 1.54) is 19.5 Å². The zero-order valence-corrected chi connectivity index (χ0v) is 15.1. The number of nitrogen functional groups attached to an aromatic ring is 1. The van der Waals surface area contributed by atoms with Crippen molar-refractivity contribution in [1.82, 2.24) is 0 Å². The SMILES string of the molecule is Nc1ccc(C#Cc2ccc(-c3ccc(-c4cccs4)s3)s2)cc1. The van der Waals surface area contributed by atoms with E-state index in [1.54, 1.807) is 22.7 Å². The fourth-order valence-electron chi connectivity index (χ4n) is 2.26. The number of hydrogen-bond donors (Lipinski definition) is 1. The molecular formula is C20H13NS3. The van der Waals surface area contributed by atoms with Gasteiger partial charge >= 0.3 is 0 Å². The van der Waals surface area contributed by atoms with Crippen LogP contribution in [0.3, 0.4) is 0 Å². The van der Waals surface area contributed by atoms with Crippen LogP contribution in [0.25, 0.3) is 19.5 Å². The topological polar surface area (TPSA) is 26.0 Å². The first-order valence-corrected chi connectivity index (χ1v) is 9.91. The summed E-state index contributed by atoms with van der Waals surface area (Å²) < 4.78 is 0. The van der Waals surface area contributed by atoms with Gasteiger partial charge in [-0.25, -0.2) is 0 Å². The standard InChI is InChI=1S/C20H13NS3/c21-15-6-3-14(4-7-15)5-8-16-9-10-19(23-16)20-12-11-18(24-20)17-2-1-13-22-17/h1-4,6-7,9-13H,21H2. The van der Waals surface area contributed by atoms with Crippen molar-refractivity contribution in [3.8, 4) is 31.3 Å². The van der Waals surface area contributed by atoms with Crippen LogP contribution in [0.5, 0.6) is 0 Å². The van der Waals surface area contributed by atoms with E-state index in [0.29, 0.717) is 0 Å². The number of thiophene rings is 3. The molecule has 0 radical (unpaired) electrons. The highest BCUT2D eigenvalue weighted by atomic mass is 32.1. The predicted octanol–water partition coefficient (Wildman–Crippen LogP) is 6.19. The van der Waals surface area contributed by atoms with Crippen molar-refractivity contribution in [2.75, 3.05) is 5.73 Å². The zero-order valence-electron chi connectivity index (χ0n) is 12.7. The molecule has 1 nitrogen and oxygen atoms in total. The van der Waals surface area contributed by atoms with Crippen LogP contribution in [0.1, 0.15) is 10.4 Å². The van der Waals surface area contributed by atoms with Crippen LogP contribution in [0.15, 0.2) is 66.0 Å². The quantitative estimate of drug-likeness (QED) is 0.334. The van der Waals surface area contributed by atoms with Crippen molar-refractivity contribution in [3.63, 3.8) is 0 Å². The van der Waals surface area contributed by atoms with Gasteiger partial charge < -0.3 is 5.73 Å². The van der Waals surface area contributed by atoms with Gasteiger partial charge in [0.25, 0.3) is 0 Å². The summed E-state index contributed by atoms with van der Waals surface area (Å²) >= 11 is 5.35. The lowest BCUT2D eigenvalue weighted by molar-refractivity contribution is 1.63. The minimum absolute atomic E-state index is 0.762. The fraction of sp³-hybridized carbons (Fsp3) is 0. The van der Waals surface area contributed by atoms with E-state index >= 15 is 0 Å². The van der Waals surface area contributed by atoms with Crippen molar-refractivity contribution in [2.24, 2.45) is 0 Å². The Labute approximate surface area is 153 Å². The molecule has 4 heteroatoms. The maximum Gasteiger partial charge on any atom is 0.0779 e. The van der Waals surface area contributed by atoms with Crippen LogP contribution in [0.2, 0.25) is 0 Å². The summed E-state index contributed by atoms with van der Waals surface area (Å²) in [6.07, 6.45) is 0. The number of benzene rings is 1. The monoisotopic (exact) mass is 363 g/mol. The van der Waals surface area contributed by atoms with Gasteiger partial charge in [-0.1, -0.05) is 17.9 Å². The molecule has 0 atom stereocenters. The molecule has 3 heterocycles. The molecule has 2 N–H and O–H groups in total. The summed E-state index contributed by atoms with van der Waals surface area (Å²) in [4.78, 5) is 6.29. The minimum Gasteiger partial charge on any atom is -0.399 e. The first-order valence-electron chi connectivity index (χ1n) is 7.39. The smallest absolute Gasteiger partial charge is 0.0779 e. The van der Waals surface area contributed by atoms with E-state index < -0.39 is 0 Å². The first-order chi connectivity index (χ1) is 11.8. The largest absolute Gasteiger partial charge is 0.399 e. The van der Waals surface area contributed by atoms with Gasteiger partial charge in [0.2, 0.25) is 0 Å². The maximum atomic E-state index is 5.69. The summed E-state index contributed by atoms with van der Waals surface area (Å²) in [7, 11) is 0. The molecule has 0 amide bonds. The Balaban J connectivity index is 1.56. The number of nitrogens with two attached hydrogens (primary N) is 1. The van der Waals surface area contributed by atoms with E-state index in [9.17, 15) is 0 Å². The Kier molecular flexibility index (Phi) is 4.22. The molecule has 3 aromatic heterocycles. The fourth-order valence-corrected chi connectivity index (χ4v) is 5.05. The molecule has 0 spiro atoms. The summed E-state index contributed by atoms with van der Waals surface area (Å²) in [6.45, 7) is 0. The van der Waals surface area contributed by atoms with E-state index in [-0.39, 0.29) is 0 Å². The highest BCUT2D eigenvalue weighted by Crippen LogP contribution is 2.38. The van der Waals surface area contributed by atoms with Crippen molar-refractivity contribution in [2.45, 2.75) is 0 Å². The molecule has 0 aliphatic rings. The lowest BCUT2D eigenvalue weighted by Crippen LogP contribution is -1.82. The van der Waals surface area contributed by atoms with Crippen molar-refractivity contribution in [1.29, 1.82) is 0 Å². The zero-order chi connectivity index (χ0) is 16.4. The average Bonchev–Trinajstić information content (AvgIpc) is 3.33. The van der Waals surface area contributed by atoms with Crippen LogP contribution in [0, 0.1) is 11.8 Å². The second-order valence-electron chi connectivity index (χ2n) is 5.18. The Bertz CT molecular complexity index is 1010. The van der Waals surface area contributed by atoms with Gasteiger partial charge in [-0.15, -0.1) is 34.0 Å². The van der Waals surface area contributed by atoms with Gasteiger partial charge in [0.15, 0.2) is 0 Å². The van der Waals surface area contributed by atoms with Crippen molar-refractivity contribution < 1.29 is 0 Å². The normalized spacial score (nSPS) is 10.3. The van der Waals surface area contributed by atoms with Gasteiger partial charge in [0.05, 0.1) is 4.88 Å². The van der Waals surface area contributed by atoms with Crippen LogP contribution < -0.4 is 5.73 Å². The van der Waals surface area contributed by atoms with E-state index in [2.05, 4.69) is 53.6 Å². The van der Waals surface area contributed by atoms with Crippen LogP contribution in [-0.4, -0.2) is 0 Å². The van der Waals surface area contributed by atoms with Gasteiger partial charge in [-0.2, -0.15) is 0 Å². The molecule has 0 bridgehead atoms. The Morgan fingerprint density at radius 1 is 0.667 bits per heavy atom. The third kappa shape index (κ3) is 3.29. The molecule has 0 saturated carbocycles. The van der Waals surface area contributed by atoms with E-state index in [0.717, 1.165) is 16.1 Å². The third-order valence-electron chi connectivity index (χ3n) is 3.46. The molecule has 0 fully saturated rings. The number of rotatable bonds is 2. The van der Waals surface area contributed by atoms with E-state index in [1.807, 2.05) is 35.6 Å². The second kappa shape index (κ2) is 6.66. The molecule has 24 heavy (non-hydrogen) atoms. The molecule has 1 aromatic carbocycles. The summed E-state index contributed by atoms with van der Waals surface area (Å²) in [5.41, 5.74) is 7.44. The summed E-state index contributed by atoms with van der Waals surface area (Å²) in [6, 6.07) is 20.5. The molecule has 0 aliphatic carbocycles. The van der Waals surface area contributed by atoms with Gasteiger partial charge in [0, 0.05) is 30.8 Å². The Hall–Kier alpha value is -2.32. The third-order valence-corrected chi connectivity index (χ3v) is 6.81. The second-order valence-corrected chi connectivity index (χ2v) is 8.29. The number of anilines is 1. The highest BCUT2D eigenvalue weighted by molar-refractivity contribution is 7.26. The van der Waals surface area contributed by atoms with E-state index in [4.69, 9.17) is 5.73 Å². The Morgan fingerprint density at radius 3 is 2.12 bits per heavy atom. The average molecular weight is 364 g/mol. The Morgan fingerprint density at radius 2 is 1.38 bits per heavy atom. The predicted molar refractivity (Wildman–Crippen MR) is 108 cm³/mol. The molecule has 0 aliphatic heterocycles. The van der Waals surface area contributed by atoms with Crippen LogP contribution in [0.4, 0.5) is 5.69 Å². The van der Waals surface area contributed by atoms with Gasteiger partial charge in [-0.3, -0.25) is 0 Å². The molecule has 0 unspecified atom stereocenters. The van der Waals surface area contributed by atoms with Crippen molar-refractivity contribution in [3.05, 3.63) is 76.5 Å². The molecule has 4 rings (SSSR count). The minimum atomic E-state index is 0.762. The molecular weight excluding hydrogens is 350 g/mol. The molecule has 4 aromatic rings. The maximum absolute atomic E-state index is 5.69. The summed E-state index contributed by atoms with van der Waals surface area (Å²) in [5, 5.41) is 2.12. The van der Waals surface area contributed by atoms with Crippen LogP contribution >= 0.6 is 34.0 Å². The highest BCUT2D eigenvalue weighted by Gasteiger charge is 2.07. The van der Waals surface area contributed by atoms with Gasteiger partial charge in [-0.05, 0) is 60.0 Å². The van der Waals surface area contributed by atoms with Gasteiger partial charge in [0.1, 0.15) is 0 Å². The lowest BCUT2D eigenvalue weighted by Gasteiger charge is -1.91. The molecule has 116 valence electrons. The lowest BCUT2D eigenvalue weighted by atomic mass is 10.2. The number of hydrogen-bond acceptors (Lipinski definition) is 4.